The highest BCUT2D eigenvalue weighted by Gasteiger charge is 2.31. The molecule has 0 radical (unpaired) electrons. The zero-order valence-corrected chi connectivity index (χ0v) is 13.9. The standard InChI is InChI=1S/C16H19N7O/c1-10-18-19-14-9-21(2)13(8-23(10)14)16(24)17-15-11-6-4-5-7-12(11)22(3)20-15/h4-7,13H,8-9H2,1-3H3,(H,17,20,24). The molecular weight excluding hydrogens is 306 g/mol. The molecule has 3 aromatic rings. The Kier molecular flexibility index (Phi) is 3.34. The predicted octanol–water partition coefficient (Wildman–Crippen LogP) is 0.926. The van der Waals surface area contributed by atoms with Crippen molar-refractivity contribution in [3.63, 3.8) is 0 Å². The van der Waals surface area contributed by atoms with Crippen LogP contribution in [0, 0.1) is 6.92 Å². The predicted molar refractivity (Wildman–Crippen MR) is 89.4 cm³/mol. The average molecular weight is 325 g/mol. The molecule has 1 aliphatic heterocycles. The molecule has 3 heterocycles. The summed E-state index contributed by atoms with van der Waals surface area (Å²) in [6.07, 6.45) is 0. The van der Waals surface area contributed by atoms with Crippen LogP contribution in [0.5, 0.6) is 0 Å². The maximum absolute atomic E-state index is 12.8. The Morgan fingerprint density at radius 1 is 1.25 bits per heavy atom. The van der Waals surface area contributed by atoms with Gasteiger partial charge in [0.2, 0.25) is 5.91 Å². The van der Waals surface area contributed by atoms with Crippen LogP contribution in [-0.2, 0) is 24.9 Å². The number of para-hydroxylation sites is 1. The van der Waals surface area contributed by atoms with E-state index in [1.165, 1.54) is 0 Å². The third-order valence-corrected chi connectivity index (χ3v) is 4.59. The van der Waals surface area contributed by atoms with E-state index in [0.717, 1.165) is 22.6 Å². The Balaban J connectivity index is 1.61. The molecule has 24 heavy (non-hydrogen) atoms. The fourth-order valence-electron chi connectivity index (χ4n) is 3.21. The maximum atomic E-state index is 12.8. The zero-order chi connectivity index (χ0) is 16.8. The quantitative estimate of drug-likeness (QED) is 0.758. The summed E-state index contributed by atoms with van der Waals surface area (Å²) in [7, 11) is 3.80. The second kappa shape index (κ2) is 5.41. The number of fused-ring (bicyclic) bond motifs is 2. The lowest BCUT2D eigenvalue weighted by Crippen LogP contribution is -2.48. The average Bonchev–Trinajstić information content (AvgIpc) is 3.08. The molecule has 0 spiro atoms. The molecule has 1 N–H and O–H groups in total. The lowest BCUT2D eigenvalue weighted by Gasteiger charge is -2.31. The summed E-state index contributed by atoms with van der Waals surface area (Å²) in [5, 5.41) is 16.6. The van der Waals surface area contributed by atoms with Gasteiger partial charge in [-0.1, -0.05) is 12.1 Å². The molecule has 0 fully saturated rings. The van der Waals surface area contributed by atoms with Gasteiger partial charge in [0.15, 0.2) is 5.82 Å². The fourth-order valence-corrected chi connectivity index (χ4v) is 3.21. The van der Waals surface area contributed by atoms with Crippen molar-refractivity contribution in [1.29, 1.82) is 0 Å². The van der Waals surface area contributed by atoms with Gasteiger partial charge in [0.25, 0.3) is 0 Å². The first-order chi connectivity index (χ1) is 11.5. The number of amides is 1. The van der Waals surface area contributed by atoms with E-state index in [0.29, 0.717) is 18.9 Å². The van der Waals surface area contributed by atoms with E-state index in [9.17, 15) is 4.79 Å². The highest BCUT2D eigenvalue weighted by Crippen LogP contribution is 2.23. The molecule has 8 nitrogen and oxygen atoms in total. The van der Waals surface area contributed by atoms with Gasteiger partial charge in [0.1, 0.15) is 17.7 Å². The van der Waals surface area contributed by atoms with Crippen molar-refractivity contribution < 1.29 is 4.79 Å². The summed E-state index contributed by atoms with van der Waals surface area (Å²) < 4.78 is 3.78. The zero-order valence-electron chi connectivity index (χ0n) is 13.9. The highest BCUT2D eigenvalue weighted by atomic mass is 16.2. The van der Waals surface area contributed by atoms with E-state index in [2.05, 4.69) is 20.6 Å². The Labute approximate surface area is 139 Å². The van der Waals surface area contributed by atoms with Crippen LogP contribution >= 0.6 is 0 Å². The number of hydrogen-bond donors (Lipinski definition) is 1. The largest absolute Gasteiger partial charge is 0.312 e. The summed E-state index contributed by atoms with van der Waals surface area (Å²) in [5.74, 6) is 2.25. The van der Waals surface area contributed by atoms with Crippen molar-refractivity contribution in [3.05, 3.63) is 35.9 Å². The van der Waals surface area contributed by atoms with Crippen LogP contribution in [0.25, 0.3) is 10.9 Å². The van der Waals surface area contributed by atoms with Crippen molar-refractivity contribution in [1.82, 2.24) is 29.4 Å². The highest BCUT2D eigenvalue weighted by molar-refractivity contribution is 6.01. The van der Waals surface area contributed by atoms with E-state index in [1.54, 1.807) is 4.68 Å². The number of hydrogen-bond acceptors (Lipinski definition) is 5. The van der Waals surface area contributed by atoms with Gasteiger partial charge in [-0.15, -0.1) is 10.2 Å². The minimum absolute atomic E-state index is 0.0693. The van der Waals surface area contributed by atoms with Gasteiger partial charge in [-0.05, 0) is 26.1 Å². The maximum Gasteiger partial charge on any atom is 0.244 e. The summed E-state index contributed by atoms with van der Waals surface area (Å²) in [5.41, 5.74) is 0.988. The van der Waals surface area contributed by atoms with Crippen LogP contribution in [0.4, 0.5) is 5.82 Å². The molecule has 8 heteroatoms. The number of likely N-dealkylation sites (N-methyl/N-ethyl adjacent to an activating group) is 1. The Hall–Kier alpha value is -2.74. The van der Waals surface area contributed by atoms with Gasteiger partial charge in [-0.25, -0.2) is 0 Å². The van der Waals surface area contributed by atoms with Crippen LogP contribution in [0.3, 0.4) is 0 Å². The number of benzene rings is 1. The first-order valence-corrected chi connectivity index (χ1v) is 7.86. The van der Waals surface area contributed by atoms with Crippen LogP contribution in [0.2, 0.25) is 0 Å². The number of rotatable bonds is 2. The van der Waals surface area contributed by atoms with Crippen molar-refractivity contribution in [2.45, 2.75) is 26.1 Å². The van der Waals surface area contributed by atoms with Gasteiger partial charge in [0, 0.05) is 12.4 Å². The summed E-state index contributed by atoms with van der Waals surface area (Å²) in [6, 6.07) is 7.57. The molecule has 0 aliphatic carbocycles. The molecule has 1 aromatic carbocycles. The molecule has 1 aliphatic rings. The molecule has 1 atom stereocenters. The van der Waals surface area contributed by atoms with Crippen molar-refractivity contribution in [2.75, 3.05) is 12.4 Å². The molecule has 0 bridgehead atoms. The molecule has 0 saturated carbocycles. The van der Waals surface area contributed by atoms with E-state index < -0.39 is 0 Å². The summed E-state index contributed by atoms with van der Waals surface area (Å²) >= 11 is 0. The molecule has 1 amide bonds. The fraction of sp³-hybridized carbons (Fsp3) is 0.375. The van der Waals surface area contributed by atoms with Crippen molar-refractivity contribution in [3.8, 4) is 0 Å². The monoisotopic (exact) mass is 325 g/mol. The number of nitrogens with zero attached hydrogens (tertiary/aromatic N) is 6. The van der Waals surface area contributed by atoms with Gasteiger partial charge in [-0.2, -0.15) is 5.10 Å². The second-order valence-corrected chi connectivity index (χ2v) is 6.18. The molecule has 2 aromatic heterocycles. The number of anilines is 1. The number of carbonyl (C=O) groups is 1. The van der Waals surface area contributed by atoms with Crippen LogP contribution in [0.1, 0.15) is 11.6 Å². The molecule has 4 rings (SSSR count). The van der Waals surface area contributed by atoms with Crippen LogP contribution in [0.15, 0.2) is 24.3 Å². The van der Waals surface area contributed by atoms with Gasteiger partial charge < -0.3 is 9.88 Å². The SMILES string of the molecule is Cc1nnc2n1CC(C(=O)Nc1nn(C)c3ccccc13)N(C)C2. The van der Waals surface area contributed by atoms with E-state index >= 15 is 0 Å². The first-order valence-electron chi connectivity index (χ1n) is 7.86. The molecule has 0 saturated heterocycles. The minimum atomic E-state index is -0.284. The first kappa shape index (κ1) is 14.8. The van der Waals surface area contributed by atoms with E-state index in [1.807, 2.05) is 54.8 Å². The van der Waals surface area contributed by atoms with E-state index in [-0.39, 0.29) is 11.9 Å². The summed E-state index contributed by atoms with van der Waals surface area (Å²) in [4.78, 5) is 14.8. The minimum Gasteiger partial charge on any atom is -0.312 e. The Morgan fingerprint density at radius 3 is 2.88 bits per heavy atom. The van der Waals surface area contributed by atoms with Crippen molar-refractivity contribution in [2.24, 2.45) is 7.05 Å². The summed E-state index contributed by atoms with van der Waals surface area (Å²) in [6.45, 7) is 3.05. The third-order valence-electron chi connectivity index (χ3n) is 4.59. The van der Waals surface area contributed by atoms with Gasteiger partial charge in [-0.3, -0.25) is 14.4 Å². The molecular formula is C16H19N7O. The molecule has 124 valence electrons. The van der Waals surface area contributed by atoms with Gasteiger partial charge in [0.05, 0.1) is 18.6 Å². The van der Waals surface area contributed by atoms with Gasteiger partial charge >= 0.3 is 0 Å². The van der Waals surface area contributed by atoms with Crippen LogP contribution in [-0.4, -0.2) is 48.4 Å². The second-order valence-electron chi connectivity index (χ2n) is 6.18. The normalized spacial score (nSPS) is 17.9. The Bertz CT molecular complexity index is 926. The van der Waals surface area contributed by atoms with E-state index in [4.69, 9.17) is 0 Å². The topological polar surface area (TPSA) is 80.9 Å². The lowest BCUT2D eigenvalue weighted by molar-refractivity contribution is -0.122. The third kappa shape index (κ3) is 2.26. The van der Waals surface area contributed by atoms with Crippen LogP contribution < -0.4 is 5.32 Å². The van der Waals surface area contributed by atoms with Crippen molar-refractivity contribution >= 4 is 22.6 Å². The number of nitrogens with one attached hydrogen (secondary N) is 1. The number of aromatic nitrogens is 5. The molecule has 1 unspecified atom stereocenters. The lowest BCUT2D eigenvalue weighted by atomic mass is 10.1. The Morgan fingerprint density at radius 2 is 2.04 bits per heavy atom. The number of aryl methyl sites for hydroxylation is 2. The smallest absolute Gasteiger partial charge is 0.244 e. The number of carbonyl (C=O) groups excluding carboxylic acids is 1.